The van der Waals surface area contributed by atoms with Gasteiger partial charge in [-0.05, 0) is 0 Å². The van der Waals surface area contributed by atoms with Crippen LogP contribution in [0.25, 0.3) is 5.65 Å². The number of hydrogen-bond donors (Lipinski definition) is 1. The SMILES string of the molecule is CNc1cn2ccnc2c(N2CCN(C)C(=O)C2)n1. The molecule has 2 aromatic rings. The van der Waals surface area contributed by atoms with Crippen molar-refractivity contribution in [3.05, 3.63) is 18.6 Å². The molecule has 1 aliphatic heterocycles. The average molecular weight is 260 g/mol. The van der Waals surface area contributed by atoms with E-state index in [4.69, 9.17) is 0 Å². The van der Waals surface area contributed by atoms with Crippen LogP contribution in [0.15, 0.2) is 18.6 Å². The number of carbonyl (C=O) groups is 1. The Balaban J connectivity index is 2.03. The molecule has 2 aromatic heterocycles. The Morgan fingerprint density at radius 2 is 2.21 bits per heavy atom. The van der Waals surface area contributed by atoms with Gasteiger partial charge in [0.05, 0.1) is 12.7 Å². The molecule has 3 heterocycles. The van der Waals surface area contributed by atoms with Crippen LogP contribution < -0.4 is 10.2 Å². The number of rotatable bonds is 2. The molecule has 3 rings (SSSR count). The van der Waals surface area contributed by atoms with Gasteiger partial charge in [-0.1, -0.05) is 0 Å². The summed E-state index contributed by atoms with van der Waals surface area (Å²) in [6.07, 6.45) is 5.49. The zero-order valence-corrected chi connectivity index (χ0v) is 11.0. The topological polar surface area (TPSA) is 65.8 Å². The molecule has 19 heavy (non-hydrogen) atoms. The van der Waals surface area contributed by atoms with E-state index in [0.717, 1.165) is 23.8 Å². The van der Waals surface area contributed by atoms with E-state index in [0.29, 0.717) is 13.1 Å². The number of nitrogens with one attached hydrogen (secondary N) is 1. The van der Waals surface area contributed by atoms with Gasteiger partial charge >= 0.3 is 0 Å². The van der Waals surface area contributed by atoms with E-state index in [2.05, 4.69) is 15.3 Å². The number of nitrogens with zero attached hydrogens (tertiary/aromatic N) is 5. The van der Waals surface area contributed by atoms with Gasteiger partial charge in [0.2, 0.25) is 5.91 Å². The number of amides is 1. The van der Waals surface area contributed by atoms with Crippen LogP contribution in [0, 0.1) is 0 Å². The highest BCUT2D eigenvalue weighted by Gasteiger charge is 2.24. The first kappa shape index (κ1) is 11.8. The normalized spacial score (nSPS) is 16.2. The van der Waals surface area contributed by atoms with E-state index in [1.807, 2.05) is 35.8 Å². The molecule has 1 saturated heterocycles. The minimum Gasteiger partial charge on any atom is -0.372 e. The molecule has 0 unspecified atom stereocenters. The van der Waals surface area contributed by atoms with Gasteiger partial charge in [-0.25, -0.2) is 9.97 Å². The van der Waals surface area contributed by atoms with Crippen molar-refractivity contribution in [3.8, 4) is 0 Å². The van der Waals surface area contributed by atoms with Gasteiger partial charge < -0.3 is 19.5 Å². The molecule has 0 saturated carbocycles. The highest BCUT2D eigenvalue weighted by molar-refractivity contribution is 5.84. The van der Waals surface area contributed by atoms with E-state index in [1.54, 1.807) is 11.1 Å². The Hall–Kier alpha value is -2.31. The number of fused-ring (bicyclic) bond motifs is 1. The predicted octanol–water partition coefficient (Wildman–Crippen LogP) is 0.0494. The molecule has 0 aliphatic carbocycles. The third kappa shape index (κ3) is 1.96. The maximum atomic E-state index is 11.8. The maximum absolute atomic E-state index is 11.8. The molecule has 0 spiro atoms. The molecule has 1 aliphatic rings. The van der Waals surface area contributed by atoms with Gasteiger partial charge in [-0.15, -0.1) is 0 Å². The van der Waals surface area contributed by atoms with E-state index in [9.17, 15) is 4.79 Å². The first-order chi connectivity index (χ1) is 9.19. The summed E-state index contributed by atoms with van der Waals surface area (Å²) in [5.41, 5.74) is 0.774. The van der Waals surface area contributed by atoms with Crippen molar-refractivity contribution < 1.29 is 4.79 Å². The van der Waals surface area contributed by atoms with Gasteiger partial charge in [0, 0.05) is 39.6 Å². The molecule has 1 amide bonds. The van der Waals surface area contributed by atoms with Gasteiger partial charge in [0.15, 0.2) is 11.5 Å². The summed E-state index contributed by atoms with van der Waals surface area (Å²) >= 11 is 0. The summed E-state index contributed by atoms with van der Waals surface area (Å²) < 4.78 is 1.91. The fraction of sp³-hybridized carbons (Fsp3) is 0.417. The summed E-state index contributed by atoms with van der Waals surface area (Å²) in [7, 11) is 3.65. The lowest BCUT2D eigenvalue weighted by atomic mass is 10.3. The molecule has 1 N–H and O–H groups in total. The lowest BCUT2D eigenvalue weighted by Crippen LogP contribution is -2.49. The van der Waals surface area contributed by atoms with Gasteiger partial charge in [0.1, 0.15) is 5.82 Å². The Labute approximate surface area is 110 Å². The second-order valence-corrected chi connectivity index (χ2v) is 4.59. The van der Waals surface area contributed by atoms with Crippen molar-refractivity contribution in [3.63, 3.8) is 0 Å². The standard InChI is InChI=1S/C12H16N6O/c1-13-9-7-17-4-3-14-11(17)12(15-9)18-6-5-16(2)10(19)8-18/h3-4,7,13H,5-6,8H2,1-2H3. The van der Waals surface area contributed by atoms with E-state index >= 15 is 0 Å². The molecular weight excluding hydrogens is 244 g/mol. The Bertz CT molecular complexity index is 622. The van der Waals surface area contributed by atoms with Crippen molar-refractivity contribution in [1.29, 1.82) is 0 Å². The van der Waals surface area contributed by atoms with Crippen LogP contribution in [0.4, 0.5) is 11.6 Å². The maximum Gasteiger partial charge on any atom is 0.241 e. The van der Waals surface area contributed by atoms with Crippen LogP contribution >= 0.6 is 0 Å². The molecule has 0 atom stereocenters. The quantitative estimate of drug-likeness (QED) is 0.826. The summed E-state index contributed by atoms with van der Waals surface area (Å²) in [5, 5.41) is 3.03. The molecule has 1 fully saturated rings. The van der Waals surface area contributed by atoms with Crippen molar-refractivity contribution in [2.24, 2.45) is 0 Å². The summed E-state index contributed by atoms with van der Waals surface area (Å²) in [6, 6.07) is 0. The minimum absolute atomic E-state index is 0.104. The molecule has 7 heteroatoms. The predicted molar refractivity (Wildman–Crippen MR) is 72.4 cm³/mol. The third-order valence-corrected chi connectivity index (χ3v) is 3.37. The first-order valence-electron chi connectivity index (χ1n) is 6.19. The average Bonchev–Trinajstić information content (AvgIpc) is 2.89. The van der Waals surface area contributed by atoms with Crippen molar-refractivity contribution >= 4 is 23.2 Å². The molecule has 0 bridgehead atoms. The molecule has 0 aromatic carbocycles. The second kappa shape index (κ2) is 4.42. The molecular formula is C12H16N6O. The van der Waals surface area contributed by atoms with Gasteiger partial charge in [0.25, 0.3) is 0 Å². The minimum atomic E-state index is 0.104. The van der Waals surface area contributed by atoms with E-state index < -0.39 is 0 Å². The molecule has 100 valence electrons. The van der Waals surface area contributed by atoms with Crippen molar-refractivity contribution in [2.75, 3.05) is 43.9 Å². The van der Waals surface area contributed by atoms with Crippen molar-refractivity contribution in [1.82, 2.24) is 19.3 Å². The number of imidazole rings is 1. The summed E-state index contributed by atoms with van der Waals surface area (Å²) in [4.78, 5) is 24.4. The smallest absolute Gasteiger partial charge is 0.241 e. The Kier molecular flexibility index (Phi) is 2.73. The molecule has 0 radical (unpaired) electrons. The highest BCUT2D eigenvalue weighted by Crippen LogP contribution is 2.21. The number of anilines is 2. The van der Waals surface area contributed by atoms with Crippen LogP contribution in [-0.4, -0.2) is 58.9 Å². The number of carbonyl (C=O) groups excluding carboxylic acids is 1. The molecule has 7 nitrogen and oxygen atoms in total. The van der Waals surface area contributed by atoms with E-state index in [1.165, 1.54) is 0 Å². The Morgan fingerprint density at radius 3 is 2.95 bits per heavy atom. The lowest BCUT2D eigenvalue weighted by molar-refractivity contribution is -0.129. The number of aromatic nitrogens is 3. The number of piperazine rings is 1. The van der Waals surface area contributed by atoms with Gasteiger partial charge in [-0.2, -0.15) is 0 Å². The highest BCUT2D eigenvalue weighted by atomic mass is 16.2. The van der Waals surface area contributed by atoms with Crippen molar-refractivity contribution in [2.45, 2.75) is 0 Å². The van der Waals surface area contributed by atoms with Crippen LogP contribution in [0.5, 0.6) is 0 Å². The van der Waals surface area contributed by atoms with Gasteiger partial charge in [-0.3, -0.25) is 4.79 Å². The Morgan fingerprint density at radius 1 is 1.37 bits per heavy atom. The lowest BCUT2D eigenvalue weighted by Gasteiger charge is -2.32. The van der Waals surface area contributed by atoms with Crippen LogP contribution in [0.2, 0.25) is 0 Å². The van der Waals surface area contributed by atoms with Crippen LogP contribution in [0.1, 0.15) is 0 Å². The fourth-order valence-electron chi connectivity index (χ4n) is 2.19. The zero-order chi connectivity index (χ0) is 13.4. The second-order valence-electron chi connectivity index (χ2n) is 4.59. The van der Waals surface area contributed by atoms with Crippen LogP contribution in [-0.2, 0) is 4.79 Å². The summed E-state index contributed by atoms with van der Waals surface area (Å²) in [6.45, 7) is 1.82. The van der Waals surface area contributed by atoms with Crippen LogP contribution in [0.3, 0.4) is 0 Å². The first-order valence-corrected chi connectivity index (χ1v) is 6.19. The van der Waals surface area contributed by atoms with E-state index in [-0.39, 0.29) is 5.91 Å². The zero-order valence-electron chi connectivity index (χ0n) is 11.0. The fourth-order valence-corrected chi connectivity index (χ4v) is 2.19. The number of hydrogen-bond acceptors (Lipinski definition) is 5. The monoisotopic (exact) mass is 260 g/mol. The largest absolute Gasteiger partial charge is 0.372 e. The summed E-state index contributed by atoms with van der Waals surface area (Å²) in [5.74, 6) is 1.61. The third-order valence-electron chi connectivity index (χ3n) is 3.37. The number of likely N-dealkylation sites (N-methyl/N-ethyl adjacent to an activating group) is 1.